The molecule has 0 aromatic carbocycles. The zero-order valence-corrected chi connectivity index (χ0v) is 22.1. The van der Waals surface area contributed by atoms with Crippen molar-refractivity contribution < 1.29 is 10.3 Å². The first kappa shape index (κ1) is 26.7. The van der Waals surface area contributed by atoms with Crippen LogP contribution in [0.15, 0.2) is 46.3 Å². The van der Waals surface area contributed by atoms with Gasteiger partial charge in [-0.2, -0.15) is 0 Å². The molecule has 4 N–H and O–H groups in total. The molecule has 10 nitrogen and oxygen atoms in total. The minimum absolute atomic E-state index is 0.0452. The van der Waals surface area contributed by atoms with Crippen molar-refractivity contribution in [2.24, 2.45) is 16.6 Å². The Hall–Kier alpha value is -3.33. The highest BCUT2D eigenvalue weighted by Crippen LogP contribution is 2.29. The summed E-state index contributed by atoms with van der Waals surface area (Å²) in [6.07, 6.45) is 10.2. The second-order valence-corrected chi connectivity index (χ2v) is 10.2. The Kier molecular flexibility index (Phi) is 8.53. The summed E-state index contributed by atoms with van der Waals surface area (Å²) in [5.74, 6) is 1.46. The van der Waals surface area contributed by atoms with E-state index in [1.807, 2.05) is 13.8 Å². The fourth-order valence-corrected chi connectivity index (χ4v) is 5.86. The average molecular weight is 508 g/mol. The Morgan fingerprint density at radius 2 is 2.08 bits per heavy atom. The van der Waals surface area contributed by atoms with Gasteiger partial charge in [0, 0.05) is 50.2 Å². The van der Waals surface area contributed by atoms with Gasteiger partial charge in [0.05, 0.1) is 10.5 Å². The van der Waals surface area contributed by atoms with Crippen molar-refractivity contribution in [1.82, 2.24) is 14.8 Å². The average Bonchev–Trinajstić information content (AvgIpc) is 2.90. The van der Waals surface area contributed by atoms with Crippen LogP contribution in [-0.2, 0) is 0 Å². The topological polar surface area (TPSA) is 130 Å². The number of aliphatic imine (C=N–C) groups is 1. The molecule has 3 aliphatic rings. The van der Waals surface area contributed by atoms with Crippen molar-refractivity contribution >= 4 is 23.7 Å². The van der Waals surface area contributed by atoms with E-state index in [4.69, 9.17) is 11.1 Å². The fraction of sp³-hybridized carbons (Fsp3) is 0.556. The Morgan fingerprint density at radius 3 is 2.73 bits per heavy atom. The summed E-state index contributed by atoms with van der Waals surface area (Å²) in [7, 11) is 0. The van der Waals surface area contributed by atoms with Crippen molar-refractivity contribution in [2.45, 2.75) is 52.1 Å². The number of piperidine rings is 1. The van der Waals surface area contributed by atoms with Crippen molar-refractivity contribution in [2.75, 3.05) is 44.2 Å². The summed E-state index contributed by atoms with van der Waals surface area (Å²) >= 11 is 0. The molecule has 10 heteroatoms. The van der Waals surface area contributed by atoms with Gasteiger partial charge >= 0.3 is 0 Å². The van der Waals surface area contributed by atoms with Gasteiger partial charge in [-0.1, -0.05) is 19.1 Å². The van der Waals surface area contributed by atoms with Crippen LogP contribution in [0, 0.1) is 23.0 Å². The number of pyridine rings is 1. The van der Waals surface area contributed by atoms with Gasteiger partial charge in [0.25, 0.3) is 12.0 Å². The number of aromatic nitrogens is 1. The second kappa shape index (κ2) is 11.8. The SMILES string of the molecule is CCC1CN(c2ncc([N+](=O)[O-])cc2C)CCN1C1CCN(CC2C=CC(C)=C=C2C(N)=NC=[NH2+])CC1. The summed E-state index contributed by atoms with van der Waals surface area (Å²) < 4.78 is 0. The molecule has 0 saturated carbocycles. The summed E-state index contributed by atoms with van der Waals surface area (Å²) in [6.45, 7) is 11.9. The molecule has 3 heterocycles. The molecule has 0 bridgehead atoms. The van der Waals surface area contributed by atoms with E-state index < -0.39 is 0 Å². The Morgan fingerprint density at radius 1 is 1.32 bits per heavy atom. The van der Waals surface area contributed by atoms with E-state index in [1.54, 1.807) is 6.07 Å². The monoisotopic (exact) mass is 507 g/mol. The first-order valence-corrected chi connectivity index (χ1v) is 13.2. The minimum atomic E-state index is -0.385. The van der Waals surface area contributed by atoms with Gasteiger partial charge in [0.15, 0.2) is 0 Å². The predicted molar refractivity (Wildman–Crippen MR) is 147 cm³/mol. The van der Waals surface area contributed by atoms with Crippen LogP contribution < -0.4 is 16.0 Å². The summed E-state index contributed by atoms with van der Waals surface area (Å²) in [6, 6.07) is 2.62. The van der Waals surface area contributed by atoms with E-state index in [-0.39, 0.29) is 16.5 Å². The molecule has 0 radical (unpaired) electrons. The van der Waals surface area contributed by atoms with Crippen LogP contribution in [0.2, 0.25) is 0 Å². The highest BCUT2D eigenvalue weighted by molar-refractivity contribution is 6.01. The molecule has 0 spiro atoms. The molecule has 1 aromatic rings. The van der Waals surface area contributed by atoms with Crippen molar-refractivity contribution in [3.8, 4) is 0 Å². The molecule has 2 atom stereocenters. The molecular weight excluding hydrogens is 468 g/mol. The number of allylic oxidation sites excluding steroid dienone is 1. The molecule has 0 amide bonds. The Labute approximate surface area is 218 Å². The Balaban J connectivity index is 1.35. The highest BCUT2D eigenvalue weighted by Gasteiger charge is 2.34. The molecule has 2 saturated heterocycles. The Bertz CT molecular complexity index is 1150. The van der Waals surface area contributed by atoms with Gasteiger partial charge in [-0.3, -0.25) is 20.4 Å². The van der Waals surface area contributed by atoms with Crippen molar-refractivity contribution in [3.63, 3.8) is 0 Å². The third-order valence-corrected chi connectivity index (χ3v) is 7.80. The molecule has 198 valence electrons. The quantitative estimate of drug-likeness (QED) is 0.179. The molecule has 2 unspecified atom stereocenters. The third kappa shape index (κ3) is 6.15. The van der Waals surface area contributed by atoms with E-state index in [1.165, 1.54) is 12.5 Å². The van der Waals surface area contributed by atoms with E-state index in [2.05, 4.69) is 49.5 Å². The van der Waals surface area contributed by atoms with E-state index in [0.29, 0.717) is 17.9 Å². The van der Waals surface area contributed by atoms with Crippen LogP contribution in [0.4, 0.5) is 11.5 Å². The first-order valence-electron chi connectivity index (χ1n) is 13.2. The lowest BCUT2D eigenvalue weighted by molar-refractivity contribution is -0.385. The lowest BCUT2D eigenvalue weighted by Gasteiger charge is -2.48. The number of nitro groups is 1. The summed E-state index contributed by atoms with van der Waals surface area (Å²) in [4.78, 5) is 26.8. The maximum absolute atomic E-state index is 11.1. The first-order chi connectivity index (χ1) is 17.8. The number of nitrogens with zero attached hydrogens (tertiary/aromatic N) is 6. The van der Waals surface area contributed by atoms with Gasteiger partial charge < -0.3 is 15.5 Å². The van der Waals surface area contributed by atoms with E-state index >= 15 is 0 Å². The minimum Gasteiger partial charge on any atom is -0.362 e. The summed E-state index contributed by atoms with van der Waals surface area (Å²) in [5.41, 5.74) is 12.4. The normalized spacial score (nSPS) is 24.1. The second-order valence-electron chi connectivity index (χ2n) is 10.2. The largest absolute Gasteiger partial charge is 0.362 e. The number of anilines is 1. The van der Waals surface area contributed by atoms with Gasteiger partial charge in [-0.05, 0) is 62.3 Å². The van der Waals surface area contributed by atoms with Crippen LogP contribution in [0.5, 0.6) is 0 Å². The van der Waals surface area contributed by atoms with E-state index in [9.17, 15) is 10.1 Å². The van der Waals surface area contributed by atoms with Gasteiger partial charge in [0.1, 0.15) is 12.0 Å². The number of hydrogen-bond donors (Lipinski definition) is 2. The van der Waals surface area contributed by atoms with Crippen LogP contribution in [0.3, 0.4) is 0 Å². The molecule has 37 heavy (non-hydrogen) atoms. The van der Waals surface area contributed by atoms with Crippen LogP contribution >= 0.6 is 0 Å². The van der Waals surface area contributed by atoms with Crippen LogP contribution in [0.1, 0.15) is 38.7 Å². The molecule has 1 aliphatic carbocycles. The standard InChI is InChI=1S/C27H38N8O2/c1-4-22-17-33(27-20(3)14-24(15-30-27)35(36)37)11-12-34(22)23-7-9-32(10-8-23)16-21-6-5-19(2)13-25(21)26(29)31-18-28/h5-6,14-15,18,21-23H,4,7-12,16-17H2,1-3H3,(H3,28,29,31)/p+1. The number of piperazine rings is 1. The molecule has 1 aromatic heterocycles. The smallest absolute Gasteiger partial charge is 0.287 e. The predicted octanol–water partition coefficient (Wildman–Crippen LogP) is 1.47. The lowest BCUT2D eigenvalue weighted by atomic mass is 9.91. The molecule has 2 fully saturated rings. The van der Waals surface area contributed by atoms with E-state index in [0.717, 1.165) is 81.1 Å². The number of rotatable bonds is 8. The van der Waals surface area contributed by atoms with Crippen LogP contribution in [-0.4, -0.2) is 83.2 Å². The van der Waals surface area contributed by atoms with Crippen molar-refractivity contribution in [3.05, 3.63) is 57.0 Å². The van der Waals surface area contributed by atoms with Crippen molar-refractivity contribution in [1.29, 1.82) is 0 Å². The molecule has 2 aliphatic heterocycles. The number of amidine groups is 1. The zero-order valence-electron chi connectivity index (χ0n) is 22.1. The highest BCUT2D eigenvalue weighted by atomic mass is 16.6. The molecular formula is C27H39N8O2+. The maximum atomic E-state index is 11.1. The number of likely N-dealkylation sites (tertiary alicyclic amines) is 1. The van der Waals surface area contributed by atoms with Gasteiger partial charge in [0.2, 0.25) is 5.84 Å². The van der Waals surface area contributed by atoms with Gasteiger partial charge in [-0.15, -0.1) is 5.73 Å². The maximum Gasteiger partial charge on any atom is 0.287 e. The number of aryl methyl sites for hydroxylation is 1. The fourth-order valence-electron chi connectivity index (χ4n) is 5.86. The zero-order chi connectivity index (χ0) is 26.5. The third-order valence-electron chi connectivity index (χ3n) is 7.80. The summed E-state index contributed by atoms with van der Waals surface area (Å²) in [5, 5.41) is 16.6. The number of nitrogens with two attached hydrogens (primary N) is 2. The number of hydrogen-bond acceptors (Lipinski definition) is 6. The van der Waals surface area contributed by atoms with Gasteiger partial charge in [-0.25, -0.2) is 4.98 Å². The van der Waals surface area contributed by atoms with Crippen LogP contribution in [0.25, 0.3) is 0 Å². The lowest BCUT2D eigenvalue weighted by Crippen LogP contribution is -2.58. The molecule has 4 rings (SSSR count).